The molecule has 0 aromatic carbocycles. The quantitative estimate of drug-likeness (QED) is 0.247. The molecule has 1 atom stereocenters. The van der Waals surface area contributed by atoms with Gasteiger partial charge in [-0.05, 0) is 18.8 Å². The minimum Gasteiger partial charge on any atom is -0.0885 e. The van der Waals surface area contributed by atoms with Gasteiger partial charge in [0.1, 0.15) is 0 Å². The summed E-state index contributed by atoms with van der Waals surface area (Å²) in [5.41, 5.74) is 0. The summed E-state index contributed by atoms with van der Waals surface area (Å²) in [6.45, 7) is 6.95. The molecule has 0 N–H and O–H groups in total. The summed E-state index contributed by atoms with van der Waals surface area (Å²) in [4.78, 5) is 0. The summed E-state index contributed by atoms with van der Waals surface area (Å²) in [6.07, 6.45) is 21.5. The van der Waals surface area contributed by atoms with Crippen LogP contribution in [0.4, 0.5) is 0 Å². The van der Waals surface area contributed by atoms with E-state index in [1.165, 1.54) is 77.0 Å². The lowest BCUT2D eigenvalue weighted by molar-refractivity contribution is 0.485. The highest BCUT2D eigenvalue weighted by molar-refractivity contribution is 4.82. The Balaban J connectivity index is 3.21. The molecule has 0 aromatic heterocycles. The van der Waals surface area contributed by atoms with Gasteiger partial charge in [-0.3, -0.25) is 0 Å². The Hall–Kier alpha value is -0.260. The summed E-state index contributed by atoms with van der Waals surface area (Å²) in [5, 5.41) is 0. The van der Waals surface area contributed by atoms with Crippen molar-refractivity contribution < 1.29 is 0 Å². The van der Waals surface area contributed by atoms with Crippen LogP contribution in [0.15, 0.2) is 12.2 Å². The van der Waals surface area contributed by atoms with Crippen molar-refractivity contribution in [3.05, 3.63) is 12.2 Å². The predicted octanol–water partition coefficient (Wildman–Crippen LogP) is 6.90. The normalized spacial score (nSPS) is 13.3. The predicted molar refractivity (Wildman–Crippen MR) is 85.1 cm³/mol. The summed E-state index contributed by atoms with van der Waals surface area (Å²) in [6, 6.07) is 0. The first-order chi connectivity index (χ1) is 8.81. The van der Waals surface area contributed by atoms with E-state index >= 15 is 0 Å². The van der Waals surface area contributed by atoms with Gasteiger partial charge >= 0.3 is 0 Å². The number of allylic oxidation sites excluding steroid dienone is 2. The minimum atomic E-state index is 0.888. The highest BCUT2D eigenvalue weighted by Gasteiger charge is 1.99. The van der Waals surface area contributed by atoms with Gasteiger partial charge in [-0.2, -0.15) is 0 Å². The summed E-state index contributed by atoms with van der Waals surface area (Å²) in [5.74, 6) is 0.888. The molecule has 0 bridgehead atoms. The lowest BCUT2D eigenvalue weighted by Gasteiger charge is -2.08. The van der Waals surface area contributed by atoms with Crippen LogP contribution in [0.2, 0.25) is 0 Å². The standard InChI is InChI=1S/C18H36/c1-4-6-8-10-11-13-15-17-18(3)16-14-12-9-7-5-2/h12,14,18H,4-11,13,15-17H2,1-3H3. The largest absolute Gasteiger partial charge is 0.0885 e. The van der Waals surface area contributed by atoms with Crippen molar-refractivity contribution in [3.63, 3.8) is 0 Å². The maximum absolute atomic E-state index is 2.40. The SMILES string of the molecule is CCCCC=CCC(C)CCCCCCCCC. The monoisotopic (exact) mass is 252 g/mol. The van der Waals surface area contributed by atoms with Gasteiger partial charge in [0.15, 0.2) is 0 Å². The second-order valence-electron chi connectivity index (χ2n) is 5.86. The number of unbranched alkanes of at least 4 members (excludes halogenated alkanes) is 8. The maximum atomic E-state index is 2.40. The molecule has 0 aromatic rings. The van der Waals surface area contributed by atoms with E-state index in [4.69, 9.17) is 0 Å². The van der Waals surface area contributed by atoms with Crippen LogP contribution in [0, 0.1) is 5.92 Å². The van der Waals surface area contributed by atoms with E-state index in [1.807, 2.05) is 0 Å². The Morgan fingerprint density at radius 2 is 1.33 bits per heavy atom. The maximum Gasteiger partial charge on any atom is -0.0325 e. The second-order valence-corrected chi connectivity index (χ2v) is 5.86. The Morgan fingerprint density at radius 1 is 0.722 bits per heavy atom. The Morgan fingerprint density at radius 3 is 2.00 bits per heavy atom. The van der Waals surface area contributed by atoms with Crippen molar-refractivity contribution in [1.29, 1.82) is 0 Å². The molecule has 0 rings (SSSR count). The molecular weight excluding hydrogens is 216 g/mol. The molecule has 18 heavy (non-hydrogen) atoms. The van der Waals surface area contributed by atoms with Crippen LogP contribution in [-0.2, 0) is 0 Å². The molecule has 0 fully saturated rings. The average molecular weight is 252 g/mol. The first-order valence-electron chi connectivity index (χ1n) is 8.46. The minimum absolute atomic E-state index is 0.888. The third kappa shape index (κ3) is 13.8. The zero-order chi connectivity index (χ0) is 13.5. The fraction of sp³-hybridized carbons (Fsp3) is 0.889. The molecule has 0 saturated heterocycles. The summed E-state index contributed by atoms with van der Waals surface area (Å²) >= 11 is 0. The van der Waals surface area contributed by atoms with E-state index in [0.29, 0.717) is 0 Å². The van der Waals surface area contributed by atoms with E-state index in [2.05, 4.69) is 32.9 Å². The van der Waals surface area contributed by atoms with E-state index in [9.17, 15) is 0 Å². The number of hydrogen-bond acceptors (Lipinski definition) is 0. The fourth-order valence-electron chi connectivity index (χ4n) is 2.34. The van der Waals surface area contributed by atoms with E-state index in [1.54, 1.807) is 0 Å². The molecule has 1 unspecified atom stereocenters. The van der Waals surface area contributed by atoms with Crippen LogP contribution >= 0.6 is 0 Å². The first kappa shape index (κ1) is 17.7. The van der Waals surface area contributed by atoms with Crippen molar-refractivity contribution in [3.8, 4) is 0 Å². The smallest absolute Gasteiger partial charge is 0.0325 e. The Bertz CT molecular complexity index is 169. The number of rotatable bonds is 13. The van der Waals surface area contributed by atoms with Gasteiger partial charge in [-0.25, -0.2) is 0 Å². The average Bonchev–Trinajstić information content (AvgIpc) is 2.37. The zero-order valence-corrected chi connectivity index (χ0v) is 13.2. The van der Waals surface area contributed by atoms with E-state index < -0.39 is 0 Å². The lowest BCUT2D eigenvalue weighted by Crippen LogP contribution is -1.92. The van der Waals surface area contributed by atoms with Gasteiger partial charge in [0, 0.05) is 0 Å². The van der Waals surface area contributed by atoms with Gasteiger partial charge < -0.3 is 0 Å². The number of hydrogen-bond donors (Lipinski definition) is 0. The molecule has 0 aliphatic carbocycles. The highest BCUT2D eigenvalue weighted by Crippen LogP contribution is 2.15. The molecule has 0 radical (unpaired) electrons. The molecule has 0 nitrogen and oxygen atoms in total. The highest BCUT2D eigenvalue weighted by atomic mass is 14.0. The second kappa shape index (κ2) is 14.8. The summed E-state index contributed by atoms with van der Waals surface area (Å²) < 4.78 is 0. The topological polar surface area (TPSA) is 0 Å². The van der Waals surface area contributed by atoms with Gasteiger partial charge in [0.2, 0.25) is 0 Å². The Labute approximate surface area is 116 Å². The van der Waals surface area contributed by atoms with Crippen molar-refractivity contribution in [2.45, 2.75) is 97.8 Å². The van der Waals surface area contributed by atoms with Crippen molar-refractivity contribution >= 4 is 0 Å². The first-order valence-corrected chi connectivity index (χ1v) is 8.46. The molecule has 0 heterocycles. The molecule has 0 heteroatoms. The zero-order valence-electron chi connectivity index (χ0n) is 13.2. The van der Waals surface area contributed by atoms with Crippen molar-refractivity contribution in [1.82, 2.24) is 0 Å². The van der Waals surface area contributed by atoms with Crippen LogP contribution in [0.1, 0.15) is 97.8 Å². The molecule has 0 amide bonds. The van der Waals surface area contributed by atoms with Crippen molar-refractivity contribution in [2.24, 2.45) is 5.92 Å². The molecule has 0 aliphatic heterocycles. The molecule has 0 aliphatic rings. The molecular formula is C18H36. The van der Waals surface area contributed by atoms with Gasteiger partial charge in [0.25, 0.3) is 0 Å². The third-order valence-corrected chi connectivity index (χ3v) is 3.73. The lowest BCUT2D eigenvalue weighted by atomic mass is 9.98. The fourth-order valence-corrected chi connectivity index (χ4v) is 2.34. The van der Waals surface area contributed by atoms with Crippen LogP contribution in [-0.4, -0.2) is 0 Å². The molecule has 0 saturated carbocycles. The summed E-state index contributed by atoms with van der Waals surface area (Å²) in [7, 11) is 0. The van der Waals surface area contributed by atoms with Crippen LogP contribution in [0.25, 0.3) is 0 Å². The van der Waals surface area contributed by atoms with Crippen molar-refractivity contribution in [2.75, 3.05) is 0 Å². The third-order valence-electron chi connectivity index (χ3n) is 3.73. The van der Waals surface area contributed by atoms with Crippen LogP contribution in [0.5, 0.6) is 0 Å². The Kier molecular flexibility index (Phi) is 14.6. The molecule has 0 spiro atoms. The van der Waals surface area contributed by atoms with Gasteiger partial charge in [-0.15, -0.1) is 0 Å². The van der Waals surface area contributed by atoms with Gasteiger partial charge in [-0.1, -0.05) is 97.1 Å². The van der Waals surface area contributed by atoms with Gasteiger partial charge in [0.05, 0.1) is 0 Å². The van der Waals surface area contributed by atoms with E-state index in [0.717, 1.165) is 5.92 Å². The van der Waals surface area contributed by atoms with Crippen LogP contribution < -0.4 is 0 Å². The van der Waals surface area contributed by atoms with E-state index in [-0.39, 0.29) is 0 Å². The van der Waals surface area contributed by atoms with Crippen LogP contribution in [0.3, 0.4) is 0 Å². The molecule has 108 valence electrons.